The molecule has 0 radical (unpaired) electrons. The van der Waals surface area contributed by atoms with Gasteiger partial charge in [-0.15, -0.1) is 0 Å². The molecule has 3 aromatic carbocycles. The van der Waals surface area contributed by atoms with Gasteiger partial charge in [0.05, 0.1) is 12.7 Å². The van der Waals surface area contributed by atoms with Gasteiger partial charge in [0.25, 0.3) is 11.8 Å². The highest BCUT2D eigenvalue weighted by Gasteiger charge is 2.13. The summed E-state index contributed by atoms with van der Waals surface area (Å²) in [7, 11) is 1.55. The van der Waals surface area contributed by atoms with Crippen LogP contribution in [0.3, 0.4) is 0 Å². The molecule has 2 N–H and O–H groups in total. The number of methoxy groups -OCH3 is 1. The van der Waals surface area contributed by atoms with Gasteiger partial charge in [0, 0.05) is 17.4 Å². The van der Waals surface area contributed by atoms with Crippen LogP contribution in [0.2, 0.25) is 0 Å². The maximum absolute atomic E-state index is 12.3. The van der Waals surface area contributed by atoms with Gasteiger partial charge in [-0.1, -0.05) is 23.8 Å². The first kappa shape index (κ1) is 25.3. The maximum Gasteiger partial charge on any atom is 0.338 e. The van der Waals surface area contributed by atoms with E-state index in [1.807, 2.05) is 32.9 Å². The van der Waals surface area contributed by atoms with E-state index in [0.29, 0.717) is 22.9 Å². The van der Waals surface area contributed by atoms with E-state index < -0.39 is 18.5 Å². The van der Waals surface area contributed by atoms with Crippen LogP contribution in [0.5, 0.6) is 11.5 Å². The van der Waals surface area contributed by atoms with Crippen molar-refractivity contribution < 1.29 is 28.6 Å². The first-order valence-corrected chi connectivity index (χ1v) is 11.0. The third-order valence-corrected chi connectivity index (χ3v) is 5.09. The van der Waals surface area contributed by atoms with Crippen molar-refractivity contribution in [1.29, 1.82) is 0 Å². The summed E-state index contributed by atoms with van der Waals surface area (Å²) in [6.07, 6.45) is 0. The lowest BCUT2D eigenvalue weighted by molar-refractivity contribution is -0.119. The number of nitrogens with one attached hydrogen (secondary N) is 2. The Morgan fingerprint density at radius 1 is 0.771 bits per heavy atom. The van der Waals surface area contributed by atoms with Gasteiger partial charge in [-0.25, -0.2) is 4.79 Å². The third-order valence-electron chi connectivity index (χ3n) is 5.09. The van der Waals surface area contributed by atoms with Crippen LogP contribution < -0.4 is 20.1 Å². The Morgan fingerprint density at radius 2 is 1.43 bits per heavy atom. The van der Waals surface area contributed by atoms with Crippen LogP contribution in [-0.4, -0.2) is 38.1 Å². The zero-order valence-electron chi connectivity index (χ0n) is 20.1. The number of amides is 2. The number of aryl methyl sites for hydroxylation is 3. The molecule has 0 spiro atoms. The molecule has 0 aromatic heterocycles. The molecule has 0 aliphatic rings. The van der Waals surface area contributed by atoms with Crippen LogP contribution >= 0.6 is 0 Å². The molecule has 0 fully saturated rings. The van der Waals surface area contributed by atoms with E-state index in [9.17, 15) is 14.4 Å². The SMILES string of the molecule is COc1cccc(NC(=O)COc2ccc(C(=O)OCC(=O)Nc3c(C)cc(C)cc3C)cc2)c1. The summed E-state index contributed by atoms with van der Waals surface area (Å²) in [5, 5.41) is 5.51. The Labute approximate surface area is 204 Å². The number of esters is 1. The second-order valence-corrected chi connectivity index (χ2v) is 7.99. The molecule has 0 saturated heterocycles. The minimum absolute atomic E-state index is 0.209. The van der Waals surface area contributed by atoms with Crippen molar-refractivity contribution in [3.63, 3.8) is 0 Å². The van der Waals surface area contributed by atoms with Crippen LogP contribution in [0.25, 0.3) is 0 Å². The molecule has 8 heteroatoms. The molecule has 35 heavy (non-hydrogen) atoms. The summed E-state index contributed by atoms with van der Waals surface area (Å²) in [5.41, 5.74) is 4.55. The Hall–Kier alpha value is -4.33. The lowest BCUT2D eigenvalue weighted by atomic mass is 10.1. The Kier molecular flexibility index (Phi) is 8.45. The van der Waals surface area contributed by atoms with Crippen LogP contribution in [0.4, 0.5) is 11.4 Å². The zero-order chi connectivity index (χ0) is 25.4. The first-order valence-electron chi connectivity index (χ1n) is 11.0. The fourth-order valence-electron chi connectivity index (χ4n) is 3.50. The monoisotopic (exact) mass is 476 g/mol. The number of benzene rings is 3. The predicted octanol–water partition coefficient (Wildman–Crippen LogP) is 4.43. The lowest BCUT2D eigenvalue weighted by Crippen LogP contribution is -2.22. The summed E-state index contributed by atoms with van der Waals surface area (Å²) in [6, 6.07) is 17.0. The Morgan fingerprint density at radius 3 is 2.09 bits per heavy atom. The average Bonchev–Trinajstić information content (AvgIpc) is 2.84. The molecule has 0 atom stereocenters. The van der Waals surface area contributed by atoms with Crippen molar-refractivity contribution in [2.24, 2.45) is 0 Å². The number of carbonyl (C=O) groups excluding carboxylic acids is 3. The number of hydrogen-bond acceptors (Lipinski definition) is 6. The second-order valence-electron chi connectivity index (χ2n) is 7.99. The molecular weight excluding hydrogens is 448 g/mol. The fraction of sp³-hybridized carbons (Fsp3) is 0.222. The highest BCUT2D eigenvalue weighted by Crippen LogP contribution is 2.22. The van der Waals surface area contributed by atoms with Crippen molar-refractivity contribution in [3.05, 3.63) is 82.9 Å². The molecule has 0 bridgehead atoms. The summed E-state index contributed by atoms with van der Waals surface area (Å²) >= 11 is 0. The second kappa shape index (κ2) is 11.7. The van der Waals surface area contributed by atoms with Crippen molar-refractivity contribution in [3.8, 4) is 11.5 Å². The standard InChI is InChI=1S/C27H28N2O6/c1-17-12-18(2)26(19(3)13-17)29-25(31)16-35-27(32)20-8-10-22(11-9-20)34-15-24(30)28-21-6-5-7-23(14-21)33-4/h5-14H,15-16H2,1-4H3,(H,28,30)(H,29,31). The van der Waals surface area contributed by atoms with Gasteiger partial charge in [0.15, 0.2) is 13.2 Å². The van der Waals surface area contributed by atoms with Gasteiger partial charge >= 0.3 is 5.97 Å². The number of hydrogen-bond donors (Lipinski definition) is 2. The van der Waals surface area contributed by atoms with Crippen LogP contribution in [-0.2, 0) is 14.3 Å². The summed E-state index contributed by atoms with van der Waals surface area (Å²) in [6.45, 7) is 5.19. The molecule has 0 aliphatic heterocycles. The largest absolute Gasteiger partial charge is 0.497 e. The average molecular weight is 477 g/mol. The maximum atomic E-state index is 12.3. The Balaban J connectivity index is 1.46. The van der Waals surface area contributed by atoms with E-state index >= 15 is 0 Å². The number of anilines is 2. The third kappa shape index (κ3) is 7.33. The highest BCUT2D eigenvalue weighted by molar-refractivity contribution is 5.96. The molecule has 3 aromatic rings. The van der Waals surface area contributed by atoms with E-state index in [2.05, 4.69) is 10.6 Å². The van der Waals surface area contributed by atoms with Crippen LogP contribution in [0.15, 0.2) is 60.7 Å². The van der Waals surface area contributed by atoms with Crippen LogP contribution in [0, 0.1) is 20.8 Å². The molecule has 0 saturated carbocycles. The molecule has 182 valence electrons. The zero-order valence-corrected chi connectivity index (χ0v) is 20.1. The van der Waals surface area contributed by atoms with E-state index in [-0.39, 0.29) is 18.1 Å². The topological polar surface area (TPSA) is 103 Å². The van der Waals surface area contributed by atoms with Gasteiger partial charge in [0.1, 0.15) is 11.5 Å². The van der Waals surface area contributed by atoms with Gasteiger partial charge < -0.3 is 24.8 Å². The van der Waals surface area contributed by atoms with Crippen molar-refractivity contribution in [1.82, 2.24) is 0 Å². The summed E-state index contributed by atoms with van der Waals surface area (Å²) < 4.78 is 15.7. The number of carbonyl (C=O) groups is 3. The minimum atomic E-state index is -0.639. The van der Waals surface area contributed by atoms with Gasteiger partial charge in [-0.05, 0) is 68.3 Å². The van der Waals surface area contributed by atoms with E-state index in [0.717, 1.165) is 16.7 Å². The van der Waals surface area contributed by atoms with Gasteiger partial charge in [-0.2, -0.15) is 0 Å². The number of rotatable bonds is 9. The van der Waals surface area contributed by atoms with E-state index in [1.54, 1.807) is 43.5 Å². The molecule has 3 rings (SSSR count). The van der Waals surface area contributed by atoms with E-state index in [1.165, 1.54) is 12.1 Å². The van der Waals surface area contributed by atoms with E-state index in [4.69, 9.17) is 14.2 Å². The van der Waals surface area contributed by atoms with Crippen molar-refractivity contribution in [2.45, 2.75) is 20.8 Å². The highest BCUT2D eigenvalue weighted by atomic mass is 16.5. The molecule has 0 aliphatic carbocycles. The predicted molar refractivity (Wildman–Crippen MR) is 133 cm³/mol. The molecule has 0 heterocycles. The normalized spacial score (nSPS) is 10.3. The van der Waals surface area contributed by atoms with Crippen molar-refractivity contribution >= 4 is 29.2 Å². The van der Waals surface area contributed by atoms with Gasteiger partial charge in [0.2, 0.25) is 0 Å². The van der Waals surface area contributed by atoms with Crippen LogP contribution in [0.1, 0.15) is 27.0 Å². The van der Waals surface area contributed by atoms with Crippen molar-refractivity contribution in [2.75, 3.05) is 31.0 Å². The summed E-state index contributed by atoms with van der Waals surface area (Å²) in [5.74, 6) is -0.364. The first-order chi connectivity index (χ1) is 16.7. The fourth-order valence-corrected chi connectivity index (χ4v) is 3.50. The minimum Gasteiger partial charge on any atom is -0.497 e. The molecule has 8 nitrogen and oxygen atoms in total. The molecular formula is C27H28N2O6. The molecule has 0 unspecified atom stereocenters. The smallest absolute Gasteiger partial charge is 0.338 e. The lowest BCUT2D eigenvalue weighted by Gasteiger charge is -2.13. The number of ether oxygens (including phenoxy) is 3. The quantitative estimate of drug-likeness (QED) is 0.443. The Bertz CT molecular complexity index is 1200. The molecule has 2 amide bonds. The summed E-state index contributed by atoms with van der Waals surface area (Å²) in [4.78, 5) is 36.7. The van der Waals surface area contributed by atoms with Gasteiger partial charge in [-0.3, -0.25) is 9.59 Å².